The zero-order valence-electron chi connectivity index (χ0n) is 8.38. The highest BCUT2D eigenvalue weighted by molar-refractivity contribution is 5.40. The van der Waals surface area contributed by atoms with Crippen molar-refractivity contribution in [1.82, 2.24) is 5.32 Å². The number of benzene rings is 1. The first-order chi connectivity index (χ1) is 6.26. The highest BCUT2D eigenvalue weighted by Crippen LogP contribution is 2.09. The van der Waals surface area contributed by atoms with Crippen LogP contribution in [0.3, 0.4) is 0 Å². The molecule has 0 saturated carbocycles. The van der Waals surface area contributed by atoms with Gasteiger partial charge in [-0.15, -0.1) is 0 Å². The fourth-order valence-corrected chi connectivity index (χ4v) is 1.46. The number of nitrogens with one attached hydrogen (secondary N) is 1. The van der Waals surface area contributed by atoms with E-state index < -0.39 is 0 Å². The van der Waals surface area contributed by atoms with E-state index in [9.17, 15) is 0 Å². The highest BCUT2D eigenvalue weighted by Gasteiger charge is 2.03. The third-order valence-electron chi connectivity index (χ3n) is 2.33. The number of anilines is 1. The van der Waals surface area contributed by atoms with Crippen LogP contribution in [0, 0.1) is 0 Å². The molecule has 0 heterocycles. The summed E-state index contributed by atoms with van der Waals surface area (Å²) in [6.45, 7) is 2.19. The van der Waals surface area contributed by atoms with Gasteiger partial charge in [-0.05, 0) is 37.6 Å². The van der Waals surface area contributed by atoms with Crippen LogP contribution in [0.15, 0.2) is 24.3 Å². The van der Waals surface area contributed by atoms with Gasteiger partial charge in [-0.1, -0.05) is 19.1 Å². The second-order valence-corrected chi connectivity index (χ2v) is 3.34. The van der Waals surface area contributed by atoms with Gasteiger partial charge < -0.3 is 11.1 Å². The lowest BCUT2D eigenvalue weighted by Gasteiger charge is -2.13. The van der Waals surface area contributed by atoms with Crippen molar-refractivity contribution < 1.29 is 0 Å². The summed E-state index contributed by atoms with van der Waals surface area (Å²) in [4.78, 5) is 0. The van der Waals surface area contributed by atoms with E-state index in [-0.39, 0.29) is 0 Å². The lowest BCUT2D eigenvalue weighted by atomic mass is 10.0. The van der Waals surface area contributed by atoms with Crippen molar-refractivity contribution in [3.8, 4) is 0 Å². The smallest absolute Gasteiger partial charge is 0.0316 e. The zero-order valence-corrected chi connectivity index (χ0v) is 8.38. The summed E-state index contributed by atoms with van der Waals surface area (Å²) in [7, 11) is 2.00. The molecule has 0 radical (unpaired) electrons. The molecule has 13 heavy (non-hydrogen) atoms. The summed E-state index contributed by atoms with van der Waals surface area (Å²) in [5.41, 5.74) is 7.85. The van der Waals surface area contributed by atoms with Crippen molar-refractivity contribution in [2.24, 2.45) is 0 Å². The molecule has 72 valence electrons. The fraction of sp³-hybridized carbons (Fsp3) is 0.455. The second kappa shape index (κ2) is 4.87. The molecule has 0 fully saturated rings. The van der Waals surface area contributed by atoms with Crippen LogP contribution in [0.25, 0.3) is 0 Å². The molecule has 0 bridgehead atoms. The minimum Gasteiger partial charge on any atom is -0.399 e. The molecule has 1 unspecified atom stereocenters. The fourth-order valence-electron chi connectivity index (χ4n) is 1.46. The Hall–Kier alpha value is -1.02. The molecule has 1 aromatic rings. The molecule has 0 saturated heterocycles. The van der Waals surface area contributed by atoms with Gasteiger partial charge >= 0.3 is 0 Å². The number of hydrogen-bond acceptors (Lipinski definition) is 2. The van der Waals surface area contributed by atoms with E-state index >= 15 is 0 Å². The van der Waals surface area contributed by atoms with Crippen LogP contribution >= 0.6 is 0 Å². The van der Waals surface area contributed by atoms with Gasteiger partial charge in [0.15, 0.2) is 0 Å². The molecular formula is C11H18N2. The number of nitrogen functional groups attached to an aromatic ring is 1. The van der Waals surface area contributed by atoms with Gasteiger partial charge in [-0.3, -0.25) is 0 Å². The SMILES string of the molecule is CCC(Cc1cccc(N)c1)NC. The minimum atomic E-state index is 0.557. The van der Waals surface area contributed by atoms with Crippen molar-refractivity contribution in [3.63, 3.8) is 0 Å². The third kappa shape index (κ3) is 3.07. The maximum atomic E-state index is 5.70. The Morgan fingerprint density at radius 2 is 2.23 bits per heavy atom. The first-order valence-corrected chi connectivity index (χ1v) is 4.78. The van der Waals surface area contributed by atoms with Gasteiger partial charge in [0.05, 0.1) is 0 Å². The Labute approximate surface area is 80.1 Å². The van der Waals surface area contributed by atoms with Crippen LogP contribution < -0.4 is 11.1 Å². The van der Waals surface area contributed by atoms with Crippen molar-refractivity contribution in [3.05, 3.63) is 29.8 Å². The first-order valence-electron chi connectivity index (χ1n) is 4.78. The number of rotatable bonds is 4. The Balaban J connectivity index is 2.62. The molecule has 1 rings (SSSR count). The molecule has 0 spiro atoms. The predicted molar refractivity (Wildman–Crippen MR) is 57.7 cm³/mol. The Kier molecular flexibility index (Phi) is 3.77. The molecule has 2 heteroatoms. The molecule has 1 atom stereocenters. The molecule has 0 aliphatic rings. The average Bonchev–Trinajstić information content (AvgIpc) is 2.14. The van der Waals surface area contributed by atoms with E-state index in [1.54, 1.807) is 0 Å². The summed E-state index contributed by atoms with van der Waals surface area (Å²) in [5, 5.41) is 3.28. The molecule has 1 aromatic carbocycles. The van der Waals surface area contributed by atoms with Gasteiger partial charge in [0.1, 0.15) is 0 Å². The maximum Gasteiger partial charge on any atom is 0.0316 e. The highest BCUT2D eigenvalue weighted by atomic mass is 14.9. The topological polar surface area (TPSA) is 38.0 Å². The third-order valence-corrected chi connectivity index (χ3v) is 2.33. The van der Waals surface area contributed by atoms with Crippen LogP contribution in [-0.2, 0) is 6.42 Å². The van der Waals surface area contributed by atoms with E-state index in [0.29, 0.717) is 6.04 Å². The number of hydrogen-bond donors (Lipinski definition) is 2. The molecule has 0 aliphatic carbocycles. The van der Waals surface area contributed by atoms with Crippen molar-refractivity contribution in [1.29, 1.82) is 0 Å². The second-order valence-electron chi connectivity index (χ2n) is 3.34. The predicted octanol–water partition coefficient (Wildman–Crippen LogP) is 1.81. The van der Waals surface area contributed by atoms with Gasteiger partial charge in [-0.2, -0.15) is 0 Å². The quantitative estimate of drug-likeness (QED) is 0.690. The average molecular weight is 178 g/mol. The molecule has 0 aliphatic heterocycles. The largest absolute Gasteiger partial charge is 0.399 e. The minimum absolute atomic E-state index is 0.557. The van der Waals surface area contributed by atoms with E-state index in [0.717, 1.165) is 18.5 Å². The molecule has 2 nitrogen and oxygen atoms in total. The Morgan fingerprint density at radius 3 is 2.77 bits per heavy atom. The monoisotopic (exact) mass is 178 g/mol. The summed E-state index contributed by atoms with van der Waals surface area (Å²) >= 11 is 0. The van der Waals surface area contributed by atoms with Crippen LogP contribution in [0.5, 0.6) is 0 Å². The lowest BCUT2D eigenvalue weighted by Crippen LogP contribution is -2.26. The van der Waals surface area contributed by atoms with Gasteiger partial charge in [0.2, 0.25) is 0 Å². The normalized spacial score (nSPS) is 12.8. The molecule has 0 aromatic heterocycles. The van der Waals surface area contributed by atoms with Crippen LogP contribution in [0.2, 0.25) is 0 Å². The Bertz CT molecular complexity index is 254. The van der Waals surface area contributed by atoms with Crippen molar-refractivity contribution in [2.45, 2.75) is 25.8 Å². The molecular weight excluding hydrogens is 160 g/mol. The summed E-state index contributed by atoms with van der Waals surface area (Å²) < 4.78 is 0. The summed E-state index contributed by atoms with van der Waals surface area (Å²) in [6, 6.07) is 8.65. The zero-order chi connectivity index (χ0) is 9.68. The van der Waals surface area contributed by atoms with E-state index in [1.165, 1.54) is 5.56 Å². The van der Waals surface area contributed by atoms with Crippen LogP contribution in [-0.4, -0.2) is 13.1 Å². The summed E-state index contributed by atoms with van der Waals surface area (Å²) in [5.74, 6) is 0. The Morgan fingerprint density at radius 1 is 1.46 bits per heavy atom. The number of likely N-dealkylation sites (N-methyl/N-ethyl adjacent to an activating group) is 1. The number of nitrogens with two attached hydrogens (primary N) is 1. The van der Waals surface area contributed by atoms with E-state index in [2.05, 4.69) is 18.3 Å². The van der Waals surface area contributed by atoms with Gasteiger partial charge in [0.25, 0.3) is 0 Å². The maximum absolute atomic E-state index is 5.70. The van der Waals surface area contributed by atoms with Crippen molar-refractivity contribution in [2.75, 3.05) is 12.8 Å². The van der Waals surface area contributed by atoms with E-state index in [4.69, 9.17) is 5.73 Å². The van der Waals surface area contributed by atoms with Crippen LogP contribution in [0.4, 0.5) is 5.69 Å². The van der Waals surface area contributed by atoms with Crippen molar-refractivity contribution >= 4 is 5.69 Å². The van der Waals surface area contributed by atoms with Gasteiger partial charge in [0, 0.05) is 11.7 Å². The lowest BCUT2D eigenvalue weighted by molar-refractivity contribution is 0.543. The first kappa shape index (κ1) is 10.1. The molecule has 0 amide bonds. The van der Waals surface area contributed by atoms with Gasteiger partial charge in [-0.25, -0.2) is 0 Å². The molecule has 3 N–H and O–H groups in total. The summed E-state index contributed by atoms with van der Waals surface area (Å²) in [6.07, 6.45) is 2.20. The standard InChI is InChI=1S/C11H18N2/c1-3-11(13-2)8-9-5-4-6-10(12)7-9/h4-7,11,13H,3,8,12H2,1-2H3. The van der Waals surface area contributed by atoms with Crippen LogP contribution in [0.1, 0.15) is 18.9 Å². The van der Waals surface area contributed by atoms with E-state index in [1.807, 2.05) is 25.2 Å².